The molecule has 0 spiro atoms. The average Bonchev–Trinajstić information content (AvgIpc) is 2.58. The van der Waals surface area contributed by atoms with Gasteiger partial charge in [0.2, 0.25) is 0 Å². The van der Waals surface area contributed by atoms with Crippen LogP contribution >= 0.6 is 0 Å². The summed E-state index contributed by atoms with van der Waals surface area (Å²) in [6, 6.07) is 16.5. The van der Waals surface area contributed by atoms with Gasteiger partial charge in [0.25, 0.3) is 5.91 Å². The molecular formula is C20H18N2O2. The summed E-state index contributed by atoms with van der Waals surface area (Å²) in [5.41, 5.74) is 3.58. The predicted octanol–water partition coefficient (Wildman–Crippen LogP) is 4.74. The molecule has 1 aromatic heterocycles. The first-order valence-corrected chi connectivity index (χ1v) is 7.68. The minimum absolute atomic E-state index is 0.140. The number of carbonyl (C=O) groups excluding carboxylic acids is 1. The Hall–Kier alpha value is -3.14. The Kier molecular flexibility index (Phi) is 4.57. The van der Waals surface area contributed by atoms with Gasteiger partial charge < -0.3 is 10.1 Å². The molecule has 4 nitrogen and oxygen atoms in total. The van der Waals surface area contributed by atoms with Gasteiger partial charge in [-0.05, 0) is 61.4 Å². The summed E-state index contributed by atoms with van der Waals surface area (Å²) >= 11 is 0. The van der Waals surface area contributed by atoms with Crippen molar-refractivity contribution >= 4 is 11.6 Å². The SMILES string of the molecule is Cc1ccc(C(=O)Nc2cccc(Oc3ccncc3)c2)cc1C. The van der Waals surface area contributed by atoms with Gasteiger partial charge in [0.05, 0.1) is 0 Å². The molecular weight excluding hydrogens is 300 g/mol. The van der Waals surface area contributed by atoms with Crippen molar-refractivity contribution in [3.8, 4) is 11.5 Å². The largest absolute Gasteiger partial charge is 0.457 e. The number of pyridine rings is 1. The van der Waals surface area contributed by atoms with Crippen LogP contribution in [0.5, 0.6) is 11.5 Å². The number of anilines is 1. The van der Waals surface area contributed by atoms with Crippen LogP contribution in [0, 0.1) is 13.8 Å². The maximum atomic E-state index is 12.4. The molecule has 3 rings (SSSR count). The van der Waals surface area contributed by atoms with Crippen LogP contribution in [-0.4, -0.2) is 10.9 Å². The van der Waals surface area contributed by atoms with Crippen LogP contribution in [0.2, 0.25) is 0 Å². The molecule has 0 saturated carbocycles. The van der Waals surface area contributed by atoms with Crippen LogP contribution in [-0.2, 0) is 0 Å². The third-order valence-corrected chi connectivity index (χ3v) is 3.75. The van der Waals surface area contributed by atoms with Crippen LogP contribution in [0.3, 0.4) is 0 Å². The van der Waals surface area contributed by atoms with Crippen LogP contribution in [0.15, 0.2) is 67.0 Å². The minimum atomic E-state index is -0.140. The van der Waals surface area contributed by atoms with E-state index in [0.29, 0.717) is 22.7 Å². The first-order chi connectivity index (χ1) is 11.6. The standard InChI is InChI=1S/C20H18N2O2/c1-14-6-7-16(12-15(14)2)20(23)22-17-4-3-5-19(13-17)24-18-8-10-21-11-9-18/h3-13H,1-2H3,(H,22,23). The zero-order valence-electron chi connectivity index (χ0n) is 13.6. The second-order valence-electron chi connectivity index (χ2n) is 5.57. The van der Waals surface area contributed by atoms with E-state index in [4.69, 9.17) is 4.74 Å². The molecule has 0 atom stereocenters. The summed E-state index contributed by atoms with van der Waals surface area (Å²) in [4.78, 5) is 16.3. The van der Waals surface area contributed by atoms with E-state index in [2.05, 4.69) is 10.3 Å². The Morgan fingerprint density at radius 3 is 2.46 bits per heavy atom. The van der Waals surface area contributed by atoms with Gasteiger partial charge in [-0.25, -0.2) is 0 Å². The highest BCUT2D eigenvalue weighted by Gasteiger charge is 2.08. The summed E-state index contributed by atoms with van der Waals surface area (Å²) in [6.45, 7) is 4.02. The third kappa shape index (κ3) is 3.79. The van der Waals surface area contributed by atoms with Gasteiger partial charge in [0, 0.05) is 29.7 Å². The number of hydrogen-bond acceptors (Lipinski definition) is 3. The smallest absolute Gasteiger partial charge is 0.255 e. The van der Waals surface area contributed by atoms with Crippen molar-refractivity contribution in [2.24, 2.45) is 0 Å². The molecule has 4 heteroatoms. The van der Waals surface area contributed by atoms with Gasteiger partial charge in [0.1, 0.15) is 11.5 Å². The van der Waals surface area contributed by atoms with Gasteiger partial charge >= 0.3 is 0 Å². The lowest BCUT2D eigenvalue weighted by Crippen LogP contribution is -2.12. The number of rotatable bonds is 4. The lowest BCUT2D eigenvalue weighted by Gasteiger charge is -2.10. The molecule has 0 unspecified atom stereocenters. The van der Waals surface area contributed by atoms with Crippen molar-refractivity contribution in [3.63, 3.8) is 0 Å². The second kappa shape index (κ2) is 6.96. The van der Waals surface area contributed by atoms with Crippen LogP contribution in [0.25, 0.3) is 0 Å². The molecule has 3 aromatic rings. The zero-order valence-corrected chi connectivity index (χ0v) is 13.6. The van der Waals surface area contributed by atoms with Gasteiger partial charge in [-0.1, -0.05) is 12.1 Å². The summed E-state index contributed by atoms with van der Waals surface area (Å²) in [7, 11) is 0. The van der Waals surface area contributed by atoms with Crippen molar-refractivity contribution < 1.29 is 9.53 Å². The van der Waals surface area contributed by atoms with Crippen molar-refractivity contribution in [1.29, 1.82) is 0 Å². The fourth-order valence-electron chi connectivity index (χ4n) is 2.27. The van der Waals surface area contributed by atoms with Crippen molar-refractivity contribution in [2.75, 3.05) is 5.32 Å². The maximum absolute atomic E-state index is 12.4. The van der Waals surface area contributed by atoms with Crippen LogP contribution in [0.4, 0.5) is 5.69 Å². The summed E-state index contributed by atoms with van der Waals surface area (Å²) in [5.74, 6) is 1.21. The number of carbonyl (C=O) groups is 1. The molecule has 1 heterocycles. The third-order valence-electron chi connectivity index (χ3n) is 3.75. The molecule has 0 radical (unpaired) electrons. The lowest BCUT2D eigenvalue weighted by molar-refractivity contribution is 0.102. The molecule has 0 bridgehead atoms. The number of nitrogens with one attached hydrogen (secondary N) is 1. The number of hydrogen-bond donors (Lipinski definition) is 1. The monoisotopic (exact) mass is 318 g/mol. The van der Waals surface area contributed by atoms with Gasteiger partial charge in [-0.2, -0.15) is 0 Å². The summed E-state index contributed by atoms with van der Waals surface area (Å²) < 4.78 is 5.75. The molecule has 120 valence electrons. The quantitative estimate of drug-likeness (QED) is 0.755. The van der Waals surface area contributed by atoms with E-state index >= 15 is 0 Å². The van der Waals surface area contributed by atoms with Gasteiger partial charge in [-0.3, -0.25) is 9.78 Å². The number of aromatic nitrogens is 1. The number of ether oxygens (including phenoxy) is 1. The van der Waals surface area contributed by atoms with E-state index in [1.54, 1.807) is 30.6 Å². The first-order valence-electron chi connectivity index (χ1n) is 7.68. The van der Waals surface area contributed by atoms with E-state index in [-0.39, 0.29) is 5.91 Å². The fraction of sp³-hybridized carbons (Fsp3) is 0.100. The van der Waals surface area contributed by atoms with Crippen molar-refractivity contribution in [3.05, 3.63) is 83.7 Å². The molecule has 0 saturated heterocycles. The number of aryl methyl sites for hydroxylation is 2. The number of benzene rings is 2. The van der Waals surface area contributed by atoms with Crippen LogP contribution < -0.4 is 10.1 Å². The van der Waals surface area contributed by atoms with Crippen LogP contribution in [0.1, 0.15) is 21.5 Å². The normalized spacial score (nSPS) is 10.2. The molecule has 1 N–H and O–H groups in total. The Labute approximate surface area is 141 Å². The first kappa shape index (κ1) is 15.7. The number of amides is 1. The summed E-state index contributed by atoms with van der Waals surface area (Å²) in [6.07, 6.45) is 3.33. The minimum Gasteiger partial charge on any atom is -0.457 e. The zero-order chi connectivity index (χ0) is 16.9. The van der Waals surface area contributed by atoms with E-state index in [1.165, 1.54) is 5.56 Å². The highest BCUT2D eigenvalue weighted by atomic mass is 16.5. The Bertz CT molecular complexity index is 861. The van der Waals surface area contributed by atoms with E-state index in [1.807, 2.05) is 50.2 Å². The van der Waals surface area contributed by atoms with E-state index < -0.39 is 0 Å². The Balaban J connectivity index is 1.74. The fourth-order valence-corrected chi connectivity index (χ4v) is 2.27. The topological polar surface area (TPSA) is 51.2 Å². The molecule has 2 aromatic carbocycles. The molecule has 0 aliphatic rings. The molecule has 0 fully saturated rings. The lowest BCUT2D eigenvalue weighted by atomic mass is 10.1. The molecule has 1 amide bonds. The molecule has 24 heavy (non-hydrogen) atoms. The van der Waals surface area contributed by atoms with E-state index in [9.17, 15) is 4.79 Å². The van der Waals surface area contributed by atoms with Crippen molar-refractivity contribution in [1.82, 2.24) is 4.98 Å². The molecule has 0 aliphatic carbocycles. The highest BCUT2D eigenvalue weighted by Crippen LogP contribution is 2.24. The second-order valence-corrected chi connectivity index (χ2v) is 5.57. The van der Waals surface area contributed by atoms with Gasteiger partial charge in [-0.15, -0.1) is 0 Å². The van der Waals surface area contributed by atoms with Crippen molar-refractivity contribution in [2.45, 2.75) is 13.8 Å². The van der Waals surface area contributed by atoms with E-state index in [0.717, 1.165) is 5.56 Å². The Morgan fingerprint density at radius 1 is 0.917 bits per heavy atom. The average molecular weight is 318 g/mol. The maximum Gasteiger partial charge on any atom is 0.255 e. The highest BCUT2D eigenvalue weighted by molar-refractivity contribution is 6.04. The predicted molar refractivity (Wildman–Crippen MR) is 94.6 cm³/mol. The summed E-state index contributed by atoms with van der Waals surface area (Å²) in [5, 5.41) is 2.90. The number of nitrogens with zero attached hydrogens (tertiary/aromatic N) is 1. The molecule has 0 aliphatic heterocycles. The Morgan fingerprint density at radius 2 is 1.71 bits per heavy atom. The van der Waals surface area contributed by atoms with Gasteiger partial charge in [0.15, 0.2) is 0 Å².